The minimum Gasteiger partial charge on any atom is -0.325 e. The first-order valence-electron chi connectivity index (χ1n) is 12.1. The van der Waals surface area contributed by atoms with Crippen molar-refractivity contribution in [2.24, 2.45) is 0 Å². The number of para-hydroxylation sites is 2. The van der Waals surface area contributed by atoms with Crippen LogP contribution in [0.15, 0.2) is 107 Å². The van der Waals surface area contributed by atoms with Crippen molar-refractivity contribution >= 4 is 34.3 Å². The van der Waals surface area contributed by atoms with Crippen LogP contribution in [-0.4, -0.2) is 21.2 Å². The van der Waals surface area contributed by atoms with Gasteiger partial charge in [0.1, 0.15) is 0 Å². The van der Waals surface area contributed by atoms with Crippen molar-refractivity contribution < 1.29 is 4.79 Å². The number of anilines is 1. The summed E-state index contributed by atoms with van der Waals surface area (Å²) in [6.07, 6.45) is 0.725. The van der Waals surface area contributed by atoms with Gasteiger partial charge in [0.25, 0.3) is 5.56 Å². The molecule has 6 heteroatoms. The van der Waals surface area contributed by atoms with E-state index in [4.69, 9.17) is 4.98 Å². The van der Waals surface area contributed by atoms with Gasteiger partial charge in [0.15, 0.2) is 5.16 Å². The van der Waals surface area contributed by atoms with E-state index < -0.39 is 0 Å². The third kappa shape index (κ3) is 5.49. The molecule has 1 N–H and O–H groups in total. The topological polar surface area (TPSA) is 64.0 Å². The number of hydrogen-bond donors (Lipinski definition) is 1. The van der Waals surface area contributed by atoms with E-state index in [9.17, 15) is 9.59 Å². The van der Waals surface area contributed by atoms with Crippen LogP contribution in [0.1, 0.15) is 22.3 Å². The Morgan fingerprint density at radius 1 is 0.892 bits per heavy atom. The number of carbonyl (C=O) groups is 1. The predicted octanol–water partition coefficient (Wildman–Crippen LogP) is 6.32. The van der Waals surface area contributed by atoms with E-state index in [1.165, 1.54) is 17.3 Å². The van der Waals surface area contributed by atoms with Crippen LogP contribution < -0.4 is 10.9 Å². The van der Waals surface area contributed by atoms with Crippen molar-refractivity contribution in [2.45, 2.75) is 25.4 Å². The maximum atomic E-state index is 13.5. The second-order valence-corrected chi connectivity index (χ2v) is 9.94. The quantitative estimate of drug-likeness (QED) is 0.208. The fourth-order valence-electron chi connectivity index (χ4n) is 4.41. The largest absolute Gasteiger partial charge is 0.325 e. The molecule has 0 spiro atoms. The van der Waals surface area contributed by atoms with E-state index in [0.717, 1.165) is 34.5 Å². The molecule has 0 saturated carbocycles. The standard InChI is InChI=1S/C31H27N3O2S/c1-21-16-17-28(22(2)18-21)34-30(36)25-13-7-9-15-27(25)33-31(34)37-20-29(35)32-26-14-8-6-12-24(26)19-23-10-4-3-5-11-23/h3-18H,19-20H2,1-2H3,(H,32,35). The molecule has 1 amide bonds. The average molecular weight is 506 g/mol. The van der Waals surface area contributed by atoms with Gasteiger partial charge in [-0.3, -0.25) is 14.2 Å². The Balaban J connectivity index is 1.42. The SMILES string of the molecule is Cc1ccc(-n2c(SCC(=O)Nc3ccccc3Cc3ccccc3)nc3ccccc3c2=O)c(C)c1. The molecule has 0 saturated heterocycles. The van der Waals surface area contributed by atoms with Gasteiger partial charge >= 0.3 is 0 Å². The van der Waals surface area contributed by atoms with Crippen LogP contribution in [0.5, 0.6) is 0 Å². The molecular weight excluding hydrogens is 478 g/mol. The zero-order chi connectivity index (χ0) is 25.8. The summed E-state index contributed by atoms with van der Waals surface area (Å²) in [4.78, 5) is 31.4. The van der Waals surface area contributed by atoms with E-state index in [1.807, 2.05) is 92.7 Å². The van der Waals surface area contributed by atoms with Crippen molar-refractivity contribution in [2.75, 3.05) is 11.1 Å². The summed E-state index contributed by atoms with van der Waals surface area (Å²) in [6.45, 7) is 4.00. The Labute approximate surface area is 220 Å². The number of rotatable bonds is 7. The third-order valence-corrected chi connectivity index (χ3v) is 7.14. The fourth-order valence-corrected chi connectivity index (χ4v) is 5.21. The van der Waals surface area contributed by atoms with Crippen molar-refractivity contribution in [1.82, 2.24) is 9.55 Å². The minimum atomic E-state index is -0.153. The first-order chi connectivity index (χ1) is 18.0. The molecule has 1 heterocycles. The lowest BCUT2D eigenvalue weighted by Crippen LogP contribution is -2.23. The van der Waals surface area contributed by atoms with Gasteiger partial charge in [-0.2, -0.15) is 0 Å². The molecule has 4 aromatic carbocycles. The van der Waals surface area contributed by atoms with Crippen LogP contribution in [0.25, 0.3) is 16.6 Å². The zero-order valence-electron chi connectivity index (χ0n) is 20.8. The van der Waals surface area contributed by atoms with Gasteiger partial charge in [0, 0.05) is 5.69 Å². The number of aryl methyl sites for hydroxylation is 2. The van der Waals surface area contributed by atoms with Crippen LogP contribution >= 0.6 is 11.8 Å². The normalized spacial score (nSPS) is 11.0. The van der Waals surface area contributed by atoms with Crippen LogP contribution in [0.2, 0.25) is 0 Å². The first-order valence-corrected chi connectivity index (χ1v) is 13.1. The number of nitrogens with one attached hydrogen (secondary N) is 1. The summed E-state index contributed by atoms with van der Waals surface area (Å²) < 4.78 is 1.62. The van der Waals surface area contributed by atoms with Gasteiger partial charge in [-0.1, -0.05) is 90.1 Å². The molecule has 0 aliphatic rings. The van der Waals surface area contributed by atoms with E-state index in [-0.39, 0.29) is 17.2 Å². The van der Waals surface area contributed by atoms with Crippen LogP contribution in [0.4, 0.5) is 5.69 Å². The highest BCUT2D eigenvalue weighted by Gasteiger charge is 2.17. The van der Waals surface area contributed by atoms with Crippen molar-refractivity contribution in [3.8, 4) is 5.69 Å². The van der Waals surface area contributed by atoms with Gasteiger partial charge in [0.2, 0.25) is 5.91 Å². The molecule has 5 nitrogen and oxygen atoms in total. The number of fused-ring (bicyclic) bond motifs is 1. The number of carbonyl (C=O) groups excluding carboxylic acids is 1. The summed E-state index contributed by atoms with van der Waals surface area (Å²) in [5.41, 5.74) is 6.34. The number of nitrogens with zero attached hydrogens (tertiary/aromatic N) is 2. The second kappa shape index (κ2) is 10.8. The Bertz CT molecular complexity index is 1640. The van der Waals surface area contributed by atoms with Crippen molar-refractivity contribution in [1.29, 1.82) is 0 Å². The minimum absolute atomic E-state index is 0.120. The van der Waals surface area contributed by atoms with E-state index >= 15 is 0 Å². The smallest absolute Gasteiger partial charge is 0.266 e. The lowest BCUT2D eigenvalue weighted by Gasteiger charge is -2.16. The molecule has 0 fully saturated rings. The molecule has 0 aliphatic carbocycles. The molecule has 0 atom stereocenters. The van der Waals surface area contributed by atoms with E-state index in [1.54, 1.807) is 10.6 Å². The lowest BCUT2D eigenvalue weighted by molar-refractivity contribution is -0.113. The molecule has 0 aliphatic heterocycles. The predicted molar refractivity (Wildman–Crippen MR) is 152 cm³/mol. The first kappa shape index (κ1) is 24.5. The highest BCUT2D eigenvalue weighted by molar-refractivity contribution is 7.99. The van der Waals surface area contributed by atoms with Gasteiger partial charge in [-0.15, -0.1) is 0 Å². The third-order valence-electron chi connectivity index (χ3n) is 6.20. The van der Waals surface area contributed by atoms with Gasteiger partial charge < -0.3 is 5.32 Å². The Morgan fingerprint density at radius 3 is 2.43 bits per heavy atom. The molecule has 5 rings (SSSR count). The molecule has 0 unspecified atom stereocenters. The monoisotopic (exact) mass is 505 g/mol. The summed E-state index contributed by atoms with van der Waals surface area (Å²) in [5, 5.41) is 4.09. The highest BCUT2D eigenvalue weighted by Crippen LogP contribution is 2.25. The number of thioether (sulfide) groups is 1. The molecule has 5 aromatic rings. The zero-order valence-corrected chi connectivity index (χ0v) is 21.6. The summed E-state index contributed by atoms with van der Waals surface area (Å²) >= 11 is 1.26. The summed E-state index contributed by atoms with van der Waals surface area (Å²) in [5.74, 6) is -0.0323. The lowest BCUT2D eigenvalue weighted by atomic mass is 10.0. The van der Waals surface area contributed by atoms with Crippen molar-refractivity contribution in [3.05, 3.63) is 130 Å². The van der Waals surface area contributed by atoms with E-state index in [0.29, 0.717) is 16.1 Å². The fraction of sp³-hybridized carbons (Fsp3) is 0.129. The molecule has 1 aromatic heterocycles. The summed E-state index contributed by atoms with van der Waals surface area (Å²) in [7, 11) is 0. The highest BCUT2D eigenvalue weighted by atomic mass is 32.2. The van der Waals surface area contributed by atoms with E-state index in [2.05, 4.69) is 17.4 Å². The van der Waals surface area contributed by atoms with Crippen molar-refractivity contribution in [3.63, 3.8) is 0 Å². The summed E-state index contributed by atoms with van der Waals surface area (Å²) in [6, 6.07) is 31.3. The number of aromatic nitrogens is 2. The Morgan fingerprint density at radius 2 is 1.62 bits per heavy atom. The Hall–Kier alpha value is -4.16. The number of benzene rings is 4. The van der Waals surface area contributed by atoms with Gasteiger partial charge in [-0.25, -0.2) is 4.98 Å². The number of hydrogen-bond acceptors (Lipinski definition) is 4. The molecule has 37 heavy (non-hydrogen) atoms. The molecule has 184 valence electrons. The molecule has 0 radical (unpaired) electrons. The average Bonchev–Trinajstić information content (AvgIpc) is 2.90. The molecule has 0 bridgehead atoms. The van der Waals surface area contributed by atoms with Crippen LogP contribution in [0.3, 0.4) is 0 Å². The van der Waals surface area contributed by atoms with Gasteiger partial charge in [-0.05, 0) is 61.2 Å². The maximum Gasteiger partial charge on any atom is 0.266 e. The van der Waals surface area contributed by atoms with Gasteiger partial charge in [0.05, 0.1) is 22.3 Å². The van der Waals surface area contributed by atoms with Crippen LogP contribution in [0, 0.1) is 13.8 Å². The number of amides is 1. The van der Waals surface area contributed by atoms with Crippen LogP contribution in [-0.2, 0) is 11.2 Å². The second-order valence-electron chi connectivity index (χ2n) is 9.00. The Kier molecular flexibility index (Phi) is 7.19. The molecular formula is C31H27N3O2S. The maximum absolute atomic E-state index is 13.5.